The van der Waals surface area contributed by atoms with Crippen LogP contribution in [0, 0.1) is 11.6 Å². The average Bonchev–Trinajstić information content (AvgIpc) is 2.56. The minimum absolute atomic E-state index is 0.208. The Labute approximate surface area is 133 Å². The van der Waals surface area contributed by atoms with E-state index in [1.807, 2.05) is 0 Å². The first-order valence-electron chi connectivity index (χ1n) is 7.52. The van der Waals surface area contributed by atoms with Crippen molar-refractivity contribution in [1.82, 2.24) is 4.90 Å². The number of carbonyl (C=O) groups is 1. The molecule has 1 aliphatic heterocycles. The van der Waals surface area contributed by atoms with Crippen molar-refractivity contribution < 1.29 is 18.7 Å². The Balaban J connectivity index is 1.72. The Kier molecular flexibility index (Phi) is 4.13. The highest BCUT2D eigenvalue weighted by atomic mass is 19.1. The summed E-state index contributed by atoms with van der Waals surface area (Å²) in [6, 6.07) is 11.5. The Morgan fingerprint density at radius 1 is 1.00 bits per heavy atom. The van der Waals surface area contributed by atoms with E-state index in [-0.39, 0.29) is 24.3 Å². The van der Waals surface area contributed by atoms with Gasteiger partial charge in [0.2, 0.25) is 0 Å². The summed E-state index contributed by atoms with van der Waals surface area (Å²) < 4.78 is 26.8. The Morgan fingerprint density at radius 3 is 2.22 bits per heavy atom. The van der Waals surface area contributed by atoms with Crippen LogP contribution in [0.4, 0.5) is 8.78 Å². The summed E-state index contributed by atoms with van der Waals surface area (Å²) in [5.74, 6) is -1.04. The van der Waals surface area contributed by atoms with Crippen LogP contribution < -0.4 is 0 Å². The normalized spacial score (nSPS) is 17.1. The fraction of sp³-hybridized carbons (Fsp3) is 0.278. The van der Waals surface area contributed by atoms with Gasteiger partial charge >= 0.3 is 0 Å². The van der Waals surface area contributed by atoms with Crippen molar-refractivity contribution in [1.29, 1.82) is 0 Å². The summed E-state index contributed by atoms with van der Waals surface area (Å²) in [4.78, 5) is 14.0. The number of hydrogen-bond donors (Lipinski definition) is 1. The second-order valence-corrected chi connectivity index (χ2v) is 5.81. The van der Waals surface area contributed by atoms with E-state index in [0.717, 1.165) is 0 Å². The number of rotatable bonds is 2. The number of hydrogen-bond acceptors (Lipinski definition) is 2. The molecular weight excluding hydrogens is 300 g/mol. The Bertz CT molecular complexity index is 707. The highest BCUT2D eigenvalue weighted by Crippen LogP contribution is 2.34. The summed E-state index contributed by atoms with van der Waals surface area (Å²) in [5.41, 5.74) is -0.582. The van der Waals surface area contributed by atoms with E-state index in [0.29, 0.717) is 18.7 Å². The molecule has 1 aliphatic rings. The average molecular weight is 317 g/mol. The highest BCUT2D eigenvalue weighted by molar-refractivity contribution is 5.94. The third kappa shape index (κ3) is 3.10. The molecule has 120 valence electrons. The molecule has 0 atom stereocenters. The van der Waals surface area contributed by atoms with Crippen LogP contribution in [-0.2, 0) is 5.60 Å². The first-order chi connectivity index (χ1) is 11.0. The molecule has 2 aromatic rings. The number of aliphatic hydroxyl groups is 1. The lowest BCUT2D eigenvalue weighted by atomic mass is 9.84. The van der Waals surface area contributed by atoms with Gasteiger partial charge in [-0.2, -0.15) is 0 Å². The first-order valence-corrected chi connectivity index (χ1v) is 7.52. The van der Waals surface area contributed by atoms with Gasteiger partial charge in [-0.1, -0.05) is 18.2 Å². The molecule has 1 amide bonds. The van der Waals surface area contributed by atoms with Gasteiger partial charge in [0.1, 0.15) is 11.6 Å². The van der Waals surface area contributed by atoms with Gasteiger partial charge in [-0.25, -0.2) is 8.78 Å². The van der Waals surface area contributed by atoms with E-state index >= 15 is 0 Å². The van der Waals surface area contributed by atoms with Crippen LogP contribution in [0.15, 0.2) is 48.5 Å². The van der Waals surface area contributed by atoms with E-state index < -0.39 is 17.2 Å². The number of halogens is 2. The van der Waals surface area contributed by atoms with Gasteiger partial charge < -0.3 is 10.0 Å². The van der Waals surface area contributed by atoms with E-state index in [2.05, 4.69) is 0 Å². The van der Waals surface area contributed by atoms with Gasteiger partial charge in [-0.15, -0.1) is 0 Å². The maximum absolute atomic E-state index is 13.9. The molecule has 0 spiro atoms. The summed E-state index contributed by atoms with van der Waals surface area (Å²) in [6.07, 6.45) is 0.530. The molecule has 1 fully saturated rings. The summed E-state index contributed by atoms with van der Waals surface area (Å²) in [5, 5.41) is 10.7. The molecule has 5 heteroatoms. The molecule has 2 aromatic carbocycles. The lowest BCUT2D eigenvalue weighted by Crippen LogP contribution is -2.45. The maximum atomic E-state index is 13.9. The van der Waals surface area contributed by atoms with Crippen LogP contribution in [0.1, 0.15) is 28.8 Å². The second-order valence-electron chi connectivity index (χ2n) is 5.81. The molecule has 3 nitrogen and oxygen atoms in total. The van der Waals surface area contributed by atoms with E-state index in [1.165, 1.54) is 30.3 Å². The van der Waals surface area contributed by atoms with Crippen molar-refractivity contribution in [2.24, 2.45) is 0 Å². The Hall–Kier alpha value is -2.27. The maximum Gasteiger partial charge on any atom is 0.253 e. The van der Waals surface area contributed by atoms with Gasteiger partial charge in [-0.3, -0.25) is 4.79 Å². The largest absolute Gasteiger partial charge is 0.385 e. The van der Waals surface area contributed by atoms with Crippen LogP contribution in [0.3, 0.4) is 0 Å². The predicted molar refractivity (Wildman–Crippen MR) is 81.8 cm³/mol. The molecule has 0 unspecified atom stereocenters. The van der Waals surface area contributed by atoms with Crippen LogP contribution in [-0.4, -0.2) is 29.0 Å². The number of nitrogens with zero attached hydrogens (tertiary/aromatic N) is 1. The number of amides is 1. The molecule has 0 aromatic heterocycles. The minimum Gasteiger partial charge on any atom is -0.385 e. The predicted octanol–water partition coefficient (Wildman–Crippen LogP) is 3.09. The SMILES string of the molecule is O=C(c1ccc(F)cc1)N1CCC(O)(c2ccccc2F)CC1. The molecule has 0 bridgehead atoms. The molecule has 1 saturated heterocycles. The van der Waals surface area contributed by atoms with Gasteiger partial charge in [0.25, 0.3) is 5.91 Å². The van der Waals surface area contributed by atoms with Crippen molar-refractivity contribution >= 4 is 5.91 Å². The van der Waals surface area contributed by atoms with E-state index in [9.17, 15) is 18.7 Å². The molecule has 0 radical (unpaired) electrons. The third-order valence-electron chi connectivity index (χ3n) is 4.34. The second kappa shape index (κ2) is 6.08. The zero-order valence-corrected chi connectivity index (χ0v) is 12.5. The number of carbonyl (C=O) groups excluding carboxylic acids is 1. The summed E-state index contributed by atoms with van der Waals surface area (Å²) in [7, 11) is 0. The zero-order chi connectivity index (χ0) is 16.4. The number of likely N-dealkylation sites (tertiary alicyclic amines) is 1. The lowest BCUT2D eigenvalue weighted by Gasteiger charge is -2.38. The van der Waals surface area contributed by atoms with Crippen molar-refractivity contribution in [2.45, 2.75) is 18.4 Å². The summed E-state index contributed by atoms with van der Waals surface area (Å²) in [6.45, 7) is 0.641. The van der Waals surface area contributed by atoms with Gasteiger partial charge in [0.05, 0.1) is 5.60 Å². The van der Waals surface area contributed by atoms with Crippen LogP contribution in [0.5, 0.6) is 0 Å². The Morgan fingerprint density at radius 2 is 1.61 bits per heavy atom. The van der Waals surface area contributed by atoms with Crippen LogP contribution >= 0.6 is 0 Å². The molecule has 1 N–H and O–H groups in total. The smallest absolute Gasteiger partial charge is 0.253 e. The highest BCUT2D eigenvalue weighted by Gasteiger charge is 2.37. The standard InChI is InChI=1S/C18H17F2NO2/c19-14-7-5-13(6-8-14)17(22)21-11-9-18(23,10-12-21)15-3-1-2-4-16(15)20/h1-8,23H,9-12H2. The van der Waals surface area contributed by atoms with Crippen molar-refractivity contribution in [2.75, 3.05) is 13.1 Å². The van der Waals surface area contributed by atoms with Gasteiger partial charge in [-0.05, 0) is 43.2 Å². The molecule has 0 aliphatic carbocycles. The molecule has 3 rings (SSSR count). The molecule has 0 saturated carbocycles. The molecule has 23 heavy (non-hydrogen) atoms. The zero-order valence-electron chi connectivity index (χ0n) is 12.5. The van der Waals surface area contributed by atoms with Gasteiger partial charge in [0.15, 0.2) is 0 Å². The first kappa shape index (κ1) is 15.6. The fourth-order valence-electron chi connectivity index (χ4n) is 2.96. The quantitative estimate of drug-likeness (QED) is 0.925. The number of piperidine rings is 1. The fourth-order valence-corrected chi connectivity index (χ4v) is 2.96. The van der Waals surface area contributed by atoms with Crippen molar-refractivity contribution in [3.05, 3.63) is 71.3 Å². The van der Waals surface area contributed by atoms with Crippen LogP contribution in [0.25, 0.3) is 0 Å². The van der Waals surface area contributed by atoms with Crippen LogP contribution in [0.2, 0.25) is 0 Å². The summed E-state index contributed by atoms with van der Waals surface area (Å²) >= 11 is 0. The molecular formula is C18H17F2NO2. The molecule has 1 heterocycles. The monoisotopic (exact) mass is 317 g/mol. The third-order valence-corrected chi connectivity index (χ3v) is 4.34. The van der Waals surface area contributed by atoms with Crippen molar-refractivity contribution in [3.8, 4) is 0 Å². The lowest BCUT2D eigenvalue weighted by molar-refractivity contribution is -0.0235. The van der Waals surface area contributed by atoms with Crippen molar-refractivity contribution in [3.63, 3.8) is 0 Å². The topological polar surface area (TPSA) is 40.5 Å². The minimum atomic E-state index is -1.26. The van der Waals surface area contributed by atoms with E-state index in [1.54, 1.807) is 23.1 Å². The van der Waals surface area contributed by atoms with E-state index in [4.69, 9.17) is 0 Å². The number of benzene rings is 2. The van der Waals surface area contributed by atoms with Gasteiger partial charge in [0, 0.05) is 24.2 Å².